The molecule has 5 nitrogen and oxygen atoms in total. The van der Waals surface area contributed by atoms with E-state index >= 15 is 0 Å². The maximum absolute atomic E-state index is 11.4. The topological polar surface area (TPSA) is 82.2 Å². The van der Waals surface area contributed by atoms with E-state index in [-0.39, 0.29) is 19.0 Å². The first-order chi connectivity index (χ1) is 8.13. The van der Waals surface area contributed by atoms with Crippen molar-refractivity contribution in [3.05, 3.63) is 29.8 Å². The standard InChI is InChI=1S/C12H16N4O/c1-16(9-12(17)15-7-6-13)8-10-4-2-3-5-11(10)14/h2-5H,7-9,14H2,1H3,(H,15,17). The van der Waals surface area contributed by atoms with Crippen LogP contribution in [-0.2, 0) is 11.3 Å². The Morgan fingerprint density at radius 3 is 2.88 bits per heavy atom. The lowest BCUT2D eigenvalue weighted by Gasteiger charge is -2.16. The number of nitriles is 1. The van der Waals surface area contributed by atoms with Gasteiger partial charge in [0, 0.05) is 12.2 Å². The van der Waals surface area contributed by atoms with Gasteiger partial charge in [0.15, 0.2) is 0 Å². The maximum Gasteiger partial charge on any atom is 0.235 e. The van der Waals surface area contributed by atoms with Crippen LogP contribution in [0.4, 0.5) is 5.69 Å². The summed E-state index contributed by atoms with van der Waals surface area (Å²) < 4.78 is 0. The highest BCUT2D eigenvalue weighted by Crippen LogP contribution is 2.12. The molecule has 3 N–H and O–H groups in total. The highest BCUT2D eigenvalue weighted by atomic mass is 16.1. The van der Waals surface area contributed by atoms with Gasteiger partial charge in [0.05, 0.1) is 12.6 Å². The number of carbonyl (C=O) groups excluding carboxylic acids is 1. The number of nitrogens with one attached hydrogen (secondary N) is 1. The predicted molar refractivity (Wildman–Crippen MR) is 65.8 cm³/mol. The van der Waals surface area contributed by atoms with Crippen molar-refractivity contribution >= 4 is 11.6 Å². The van der Waals surface area contributed by atoms with Crippen LogP contribution in [0, 0.1) is 11.3 Å². The molecule has 0 aliphatic heterocycles. The van der Waals surface area contributed by atoms with E-state index in [0.29, 0.717) is 6.54 Å². The van der Waals surface area contributed by atoms with Crippen molar-refractivity contribution in [2.75, 3.05) is 25.9 Å². The minimum Gasteiger partial charge on any atom is -0.398 e. The van der Waals surface area contributed by atoms with Crippen LogP contribution in [0.5, 0.6) is 0 Å². The monoisotopic (exact) mass is 232 g/mol. The Balaban J connectivity index is 2.45. The van der Waals surface area contributed by atoms with Crippen LogP contribution in [0.15, 0.2) is 24.3 Å². The number of nitrogen functional groups attached to an aromatic ring is 1. The number of hydrogen-bond donors (Lipinski definition) is 2. The van der Waals surface area contributed by atoms with Crippen LogP contribution < -0.4 is 11.1 Å². The third kappa shape index (κ3) is 4.53. The average Bonchev–Trinajstić information content (AvgIpc) is 2.29. The second-order valence-electron chi connectivity index (χ2n) is 3.81. The summed E-state index contributed by atoms with van der Waals surface area (Å²) in [5.41, 5.74) is 7.52. The number of likely N-dealkylation sites (N-methyl/N-ethyl adjacent to an activating group) is 1. The van der Waals surface area contributed by atoms with Gasteiger partial charge in [-0.1, -0.05) is 18.2 Å². The molecule has 1 aromatic rings. The van der Waals surface area contributed by atoms with Crippen molar-refractivity contribution in [1.29, 1.82) is 5.26 Å². The molecule has 17 heavy (non-hydrogen) atoms. The van der Waals surface area contributed by atoms with Gasteiger partial charge in [0.25, 0.3) is 0 Å². The lowest BCUT2D eigenvalue weighted by atomic mass is 10.2. The van der Waals surface area contributed by atoms with Crippen molar-refractivity contribution < 1.29 is 4.79 Å². The van der Waals surface area contributed by atoms with Crippen molar-refractivity contribution in [3.8, 4) is 6.07 Å². The van der Waals surface area contributed by atoms with Gasteiger partial charge in [-0.05, 0) is 18.7 Å². The lowest BCUT2D eigenvalue weighted by Crippen LogP contribution is -2.35. The van der Waals surface area contributed by atoms with Crippen LogP contribution in [0.3, 0.4) is 0 Å². The van der Waals surface area contributed by atoms with Crippen molar-refractivity contribution in [3.63, 3.8) is 0 Å². The Bertz CT molecular complexity index is 425. The molecular weight excluding hydrogens is 216 g/mol. The Kier molecular flexibility index (Phi) is 4.98. The smallest absolute Gasteiger partial charge is 0.235 e. The van der Waals surface area contributed by atoms with Gasteiger partial charge in [-0.15, -0.1) is 0 Å². The molecule has 0 spiro atoms. The van der Waals surface area contributed by atoms with E-state index in [1.165, 1.54) is 0 Å². The number of hydrogen-bond acceptors (Lipinski definition) is 4. The molecule has 0 unspecified atom stereocenters. The fourth-order valence-corrected chi connectivity index (χ4v) is 1.46. The molecular formula is C12H16N4O. The summed E-state index contributed by atoms with van der Waals surface area (Å²) in [5.74, 6) is -0.163. The normalized spacial score (nSPS) is 9.94. The molecule has 0 saturated heterocycles. The molecule has 1 aromatic carbocycles. The lowest BCUT2D eigenvalue weighted by molar-refractivity contribution is -0.121. The zero-order chi connectivity index (χ0) is 12.7. The average molecular weight is 232 g/mol. The van der Waals surface area contributed by atoms with Crippen molar-refractivity contribution in [2.45, 2.75) is 6.54 Å². The van der Waals surface area contributed by atoms with Gasteiger partial charge in [0.1, 0.15) is 6.54 Å². The summed E-state index contributed by atoms with van der Waals surface area (Å²) in [6.45, 7) is 0.892. The molecule has 5 heteroatoms. The van der Waals surface area contributed by atoms with Gasteiger partial charge >= 0.3 is 0 Å². The largest absolute Gasteiger partial charge is 0.398 e. The number of carbonyl (C=O) groups is 1. The zero-order valence-electron chi connectivity index (χ0n) is 9.81. The van der Waals surface area contributed by atoms with Crippen LogP contribution in [0.1, 0.15) is 5.56 Å². The minimum absolute atomic E-state index is 0.0418. The van der Waals surface area contributed by atoms with Gasteiger partial charge in [-0.2, -0.15) is 5.26 Å². The van der Waals surface area contributed by atoms with E-state index in [4.69, 9.17) is 11.0 Å². The molecule has 0 aliphatic carbocycles. The summed E-state index contributed by atoms with van der Waals surface area (Å²) in [7, 11) is 1.83. The molecule has 0 radical (unpaired) electrons. The van der Waals surface area contributed by atoms with Crippen molar-refractivity contribution in [2.24, 2.45) is 0 Å². The first-order valence-electron chi connectivity index (χ1n) is 5.29. The first kappa shape index (κ1) is 13.0. The molecule has 90 valence electrons. The quantitative estimate of drug-likeness (QED) is 0.566. The van der Waals surface area contributed by atoms with E-state index < -0.39 is 0 Å². The number of rotatable bonds is 5. The highest BCUT2D eigenvalue weighted by molar-refractivity contribution is 5.78. The van der Waals surface area contributed by atoms with Gasteiger partial charge < -0.3 is 11.1 Å². The summed E-state index contributed by atoms with van der Waals surface area (Å²) in [5, 5.41) is 10.8. The SMILES string of the molecule is CN(CC(=O)NCC#N)Cc1ccccc1N. The Morgan fingerprint density at radius 2 is 2.24 bits per heavy atom. The van der Waals surface area contributed by atoms with E-state index in [1.54, 1.807) is 0 Å². The van der Waals surface area contributed by atoms with Crippen LogP contribution in [0.25, 0.3) is 0 Å². The molecule has 0 saturated carbocycles. The summed E-state index contributed by atoms with van der Waals surface area (Å²) in [6.07, 6.45) is 0. The fourth-order valence-electron chi connectivity index (χ4n) is 1.46. The Hall–Kier alpha value is -2.06. The molecule has 1 amide bonds. The highest BCUT2D eigenvalue weighted by Gasteiger charge is 2.07. The molecule has 0 aromatic heterocycles. The third-order valence-corrected chi connectivity index (χ3v) is 2.27. The zero-order valence-corrected chi connectivity index (χ0v) is 9.81. The van der Waals surface area contributed by atoms with E-state index in [0.717, 1.165) is 11.3 Å². The van der Waals surface area contributed by atoms with E-state index in [9.17, 15) is 4.79 Å². The number of amides is 1. The molecule has 1 rings (SSSR count). The van der Waals surface area contributed by atoms with E-state index in [2.05, 4.69) is 5.32 Å². The minimum atomic E-state index is -0.163. The van der Waals surface area contributed by atoms with E-state index in [1.807, 2.05) is 42.3 Å². The summed E-state index contributed by atoms with van der Waals surface area (Å²) in [4.78, 5) is 13.2. The number of nitrogens with two attached hydrogens (primary N) is 1. The molecule has 0 fully saturated rings. The number of para-hydroxylation sites is 1. The second kappa shape index (κ2) is 6.51. The van der Waals surface area contributed by atoms with Gasteiger partial charge in [-0.3, -0.25) is 9.69 Å². The first-order valence-corrected chi connectivity index (χ1v) is 5.29. The van der Waals surface area contributed by atoms with Crippen molar-refractivity contribution in [1.82, 2.24) is 10.2 Å². The third-order valence-electron chi connectivity index (χ3n) is 2.27. The number of nitrogens with zero attached hydrogens (tertiary/aromatic N) is 2. The molecule has 0 aliphatic rings. The number of anilines is 1. The summed E-state index contributed by atoms with van der Waals surface area (Å²) in [6, 6.07) is 9.41. The summed E-state index contributed by atoms with van der Waals surface area (Å²) >= 11 is 0. The van der Waals surface area contributed by atoms with Gasteiger partial charge in [0.2, 0.25) is 5.91 Å². The predicted octanol–water partition coefficient (Wildman–Crippen LogP) is 0.340. The Labute approximate surface area is 101 Å². The fraction of sp³-hybridized carbons (Fsp3) is 0.333. The van der Waals surface area contributed by atoms with Crippen LogP contribution >= 0.6 is 0 Å². The maximum atomic E-state index is 11.4. The second-order valence-corrected chi connectivity index (χ2v) is 3.81. The Morgan fingerprint density at radius 1 is 1.53 bits per heavy atom. The molecule has 0 bridgehead atoms. The van der Waals surface area contributed by atoms with Gasteiger partial charge in [-0.25, -0.2) is 0 Å². The van der Waals surface area contributed by atoms with Crippen LogP contribution in [-0.4, -0.2) is 30.9 Å². The molecule has 0 heterocycles. The molecule has 0 atom stereocenters. The number of benzene rings is 1. The van der Waals surface area contributed by atoms with Crippen LogP contribution in [0.2, 0.25) is 0 Å².